The maximum atomic E-state index is 13.8. The zero-order chi connectivity index (χ0) is 26.3. The van der Waals surface area contributed by atoms with Gasteiger partial charge in [-0.1, -0.05) is 48.5 Å². The lowest BCUT2D eigenvalue weighted by molar-refractivity contribution is -0.141. The van der Waals surface area contributed by atoms with Crippen molar-refractivity contribution in [2.45, 2.75) is 45.3 Å². The molecule has 3 amide bonds. The molecule has 0 saturated carbocycles. The number of rotatable bonds is 9. The second kappa shape index (κ2) is 12.0. The Morgan fingerprint density at radius 2 is 1.67 bits per heavy atom. The molecule has 2 aromatic carbocycles. The van der Waals surface area contributed by atoms with E-state index in [1.165, 1.54) is 4.90 Å². The van der Waals surface area contributed by atoms with Gasteiger partial charge in [0.05, 0.1) is 5.92 Å². The van der Waals surface area contributed by atoms with E-state index in [0.29, 0.717) is 12.8 Å². The standard InChI is InChI=1S/C28H35N3O4S/c1-28(2,3)35-27(34)30-17-20(16-21-18-36-24-14-10-9-13-22(21)24)26(33)31(5)23(25(32)29-4)15-19-11-7-6-8-12-19/h6-14,18,20,23H,15-17H2,1-5H3,(H,29,32)(H,30,34)/t20-,23-/m1/s1. The van der Waals surface area contributed by atoms with E-state index in [1.54, 1.807) is 46.2 Å². The number of nitrogens with one attached hydrogen (secondary N) is 2. The molecule has 0 bridgehead atoms. The second-order valence-electron chi connectivity index (χ2n) is 9.81. The topological polar surface area (TPSA) is 87.7 Å². The van der Waals surface area contributed by atoms with Crippen LogP contribution in [-0.4, -0.2) is 55.1 Å². The highest BCUT2D eigenvalue weighted by atomic mass is 32.1. The summed E-state index contributed by atoms with van der Waals surface area (Å²) >= 11 is 1.62. The lowest BCUT2D eigenvalue weighted by Crippen LogP contribution is -2.51. The predicted molar refractivity (Wildman–Crippen MR) is 144 cm³/mol. The van der Waals surface area contributed by atoms with Crippen LogP contribution in [0.2, 0.25) is 0 Å². The third kappa shape index (κ3) is 7.31. The van der Waals surface area contributed by atoms with Gasteiger partial charge < -0.3 is 20.3 Å². The van der Waals surface area contributed by atoms with Gasteiger partial charge in [0.25, 0.3) is 0 Å². The molecule has 0 radical (unpaired) electrons. The largest absolute Gasteiger partial charge is 0.444 e. The van der Waals surface area contributed by atoms with Crippen LogP contribution in [0.4, 0.5) is 4.79 Å². The quantitative estimate of drug-likeness (QED) is 0.448. The van der Waals surface area contributed by atoms with Crippen LogP contribution in [0.15, 0.2) is 60.0 Å². The Morgan fingerprint density at radius 1 is 1.00 bits per heavy atom. The highest BCUT2D eigenvalue weighted by Gasteiger charge is 2.32. The lowest BCUT2D eigenvalue weighted by Gasteiger charge is -2.31. The van der Waals surface area contributed by atoms with Crippen LogP contribution in [0.1, 0.15) is 31.9 Å². The molecule has 2 atom stereocenters. The fourth-order valence-corrected chi connectivity index (χ4v) is 5.05. The molecule has 0 aliphatic carbocycles. The van der Waals surface area contributed by atoms with E-state index in [4.69, 9.17) is 4.74 Å². The zero-order valence-electron chi connectivity index (χ0n) is 21.5. The molecule has 1 heterocycles. The summed E-state index contributed by atoms with van der Waals surface area (Å²) in [6.45, 7) is 5.46. The number of carbonyl (C=O) groups excluding carboxylic acids is 3. The maximum Gasteiger partial charge on any atom is 0.407 e. The SMILES string of the molecule is CNC(=O)[C@@H](Cc1ccccc1)N(C)C(=O)[C@@H](CNC(=O)OC(C)(C)C)Cc1csc2ccccc12. The van der Waals surface area contributed by atoms with Gasteiger partial charge >= 0.3 is 6.09 Å². The molecule has 0 aliphatic heterocycles. The molecule has 3 rings (SSSR count). The molecule has 0 saturated heterocycles. The average Bonchev–Trinajstić information content (AvgIpc) is 3.26. The minimum absolute atomic E-state index is 0.0913. The average molecular weight is 510 g/mol. The summed E-state index contributed by atoms with van der Waals surface area (Å²) in [6, 6.07) is 17.0. The monoisotopic (exact) mass is 509 g/mol. The van der Waals surface area contributed by atoms with Gasteiger partial charge in [0.2, 0.25) is 11.8 Å². The van der Waals surface area contributed by atoms with Gasteiger partial charge in [0.1, 0.15) is 11.6 Å². The number of carbonyl (C=O) groups is 3. The Morgan fingerprint density at radius 3 is 2.33 bits per heavy atom. The number of fused-ring (bicyclic) bond motifs is 1. The van der Waals surface area contributed by atoms with Crippen LogP contribution in [0, 0.1) is 5.92 Å². The third-order valence-corrected chi connectivity index (χ3v) is 6.92. The van der Waals surface area contributed by atoms with Crippen LogP contribution in [0.5, 0.6) is 0 Å². The van der Waals surface area contributed by atoms with Crippen LogP contribution >= 0.6 is 11.3 Å². The number of amides is 3. The van der Waals surface area contributed by atoms with Crippen LogP contribution in [0.3, 0.4) is 0 Å². The normalized spacial score (nSPS) is 13.0. The van der Waals surface area contributed by atoms with Gasteiger partial charge in [-0.05, 0) is 55.2 Å². The number of benzene rings is 2. The number of hydrogen-bond donors (Lipinski definition) is 2. The molecule has 3 aromatic rings. The number of thiophene rings is 1. The first kappa shape index (κ1) is 27.2. The van der Waals surface area contributed by atoms with Gasteiger partial charge in [-0.15, -0.1) is 11.3 Å². The molecule has 0 aliphatic rings. The predicted octanol–water partition coefficient (Wildman–Crippen LogP) is 4.40. The Labute approximate surface area is 216 Å². The first-order valence-electron chi connectivity index (χ1n) is 12.0. The van der Waals surface area contributed by atoms with Crippen LogP contribution in [-0.2, 0) is 27.2 Å². The minimum Gasteiger partial charge on any atom is -0.444 e. The summed E-state index contributed by atoms with van der Waals surface area (Å²) < 4.78 is 6.52. The maximum absolute atomic E-state index is 13.8. The van der Waals surface area contributed by atoms with E-state index in [0.717, 1.165) is 21.2 Å². The molecule has 0 spiro atoms. The summed E-state index contributed by atoms with van der Waals surface area (Å²) in [4.78, 5) is 40.5. The Balaban J connectivity index is 1.85. The lowest BCUT2D eigenvalue weighted by atomic mass is 9.95. The van der Waals surface area contributed by atoms with Crippen molar-refractivity contribution in [3.05, 3.63) is 71.1 Å². The molecular weight excluding hydrogens is 474 g/mol. The molecule has 0 fully saturated rings. The molecule has 192 valence electrons. The van der Waals surface area contributed by atoms with Gasteiger partial charge in [-0.3, -0.25) is 9.59 Å². The van der Waals surface area contributed by atoms with E-state index in [-0.39, 0.29) is 18.4 Å². The van der Waals surface area contributed by atoms with Gasteiger partial charge in [-0.2, -0.15) is 0 Å². The second-order valence-corrected chi connectivity index (χ2v) is 10.7. The fraction of sp³-hybridized carbons (Fsp3) is 0.393. The van der Waals surface area contributed by atoms with E-state index >= 15 is 0 Å². The van der Waals surface area contributed by atoms with Gasteiger partial charge in [0.15, 0.2) is 0 Å². The van der Waals surface area contributed by atoms with Crippen molar-refractivity contribution in [1.82, 2.24) is 15.5 Å². The van der Waals surface area contributed by atoms with Crippen molar-refractivity contribution in [3.8, 4) is 0 Å². The molecule has 1 aromatic heterocycles. The number of ether oxygens (including phenoxy) is 1. The van der Waals surface area contributed by atoms with Crippen molar-refractivity contribution in [2.75, 3.05) is 20.6 Å². The Kier molecular flexibility index (Phi) is 9.09. The summed E-state index contributed by atoms with van der Waals surface area (Å²) in [5.41, 5.74) is 1.34. The first-order valence-corrected chi connectivity index (χ1v) is 12.9. The number of nitrogens with zero attached hydrogens (tertiary/aromatic N) is 1. The summed E-state index contributed by atoms with van der Waals surface area (Å²) in [5, 5.41) is 8.59. The summed E-state index contributed by atoms with van der Waals surface area (Å²) in [7, 11) is 3.22. The summed E-state index contributed by atoms with van der Waals surface area (Å²) in [5.74, 6) is -1.04. The van der Waals surface area contributed by atoms with E-state index < -0.39 is 23.7 Å². The molecule has 0 unspecified atom stereocenters. The smallest absolute Gasteiger partial charge is 0.407 e. The number of hydrogen-bond acceptors (Lipinski definition) is 5. The highest BCUT2D eigenvalue weighted by Crippen LogP contribution is 2.28. The van der Waals surface area contributed by atoms with Crippen LogP contribution < -0.4 is 10.6 Å². The van der Waals surface area contributed by atoms with Crippen molar-refractivity contribution < 1.29 is 19.1 Å². The third-order valence-electron chi connectivity index (χ3n) is 5.90. The van der Waals surface area contributed by atoms with Gasteiger partial charge in [0, 0.05) is 31.8 Å². The first-order chi connectivity index (χ1) is 17.1. The van der Waals surface area contributed by atoms with E-state index in [9.17, 15) is 14.4 Å². The van der Waals surface area contributed by atoms with Gasteiger partial charge in [-0.25, -0.2) is 4.79 Å². The fourth-order valence-electron chi connectivity index (χ4n) is 4.07. The van der Waals surface area contributed by atoms with Crippen LogP contribution in [0.25, 0.3) is 10.1 Å². The van der Waals surface area contributed by atoms with Crippen molar-refractivity contribution in [2.24, 2.45) is 5.92 Å². The molecule has 7 nitrogen and oxygen atoms in total. The van der Waals surface area contributed by atoms with E-state index in [1.807, 2.05) is 54.6 Å². The minimum atomic E-state index is -0.687. The zero-order valence-corrected chi connectivity index (χ0v) is 22.4. The van der Waals surface area contributed by atoms with Crippen molar-refractivity contribution in [3.63, 3.8) is 0 Å². The molecular formula is C28H35N3O4S. The van der Waals surface area contributed by atoms with Crippen molar-refractivity contribution in [1.29, 1.82) is 0 Å². The number of likely N-dealkylation sites (N-methyl/N-ethyl adjacent to an activating group) is 2. The highest BCUT2D eigenvalue weighted by molar-refractivity contribution is 7.17. The number of alkyl carbamates (subject to hydrolysis) is 1. The summed E-state index contributed by atoms with van der Waals surface area (Å²) in [6.07, 6.45) is 0.232. The molecule has 8 heteroatoms. The van der Waals surface area contributed by atoms with Crippen molar-refractivity contribution >= 4 is 39.3 Å². The molecule has 36 heavy (non-hydrogen) atoms. The molecule has 2 N–H and O–H groups in total. The Bertz CT molecular complexity index is 1190. The van der Waals surface area contributed by atoms with E-state index in [2.05, 4.69) is 16.0 Å². The Hall–Kier alpha value is -3.39.